The summed E-state index contributed by atoms with van der Waals surface area (Å²) in [6.45, 7) is 2.56. The molecule has 0 saturated carbocycles. The van der Waals surface area contributed by atoms with Crippen LogP contribution in [0.25, 0.3) is 0 Å². The van der Waals surface area contributed by atoms with Crippen LogP contribution in [0, 0.1) is 5.82 Å². The average Bonchev–Trinajstić information content (AvgIpc) is 2.29. The highest BCUT2D eigenvalue weighted by molar-refractivity contribution is 5.24. The lowest BCUT2D eigenvalue weighted by atomic mass is 10.1. The molecule has 0 unspecified atom stereocenters. The summed E-state index contributed by atoms with van der Waals surface area (Å²) in [4.78, 5) is 2.12. The van der Waals surface area contributed by atoms with Crippen LogP contribution in [0.1, 0.15) is 11.1 Å². The highest BCUT2D eigenvalue weighted by Gasteiger charge is 2.04. The Balaban J connectivity index is 2.59. The fourth-order valence-electron chi connectivity index (χ4n) is 1.52. The maximum absolute atomic E-state index is 13.2. The van der Waals surface area contributed by atoms with Crippen molar-refractivity contribution in [2.75, 3.05) is 27.3 Å². The van der Waals surface area contributed by atoms with Crippen molar-refractivity contribution >= 4 is 0 Å². The summed E-state index contributed by atoms with van der Waals surface area (Å²) in [5.74, 6) is -0.231. The molecule has 1 aromatic rings. The van der Waals surface area contributed by atoms with Crippen LogP contribution in [0.3, 0.4) is 0 Å². The SMILES string of the molecule is COCCN(C)Cc1ccc(F)c(CN)c1. The quantitative estimate of drug-likeness (QED) is 0.796. The number of ether oxygens (including phenoxy) is 1. The van der Waals surface area contributed by atoms with Gasteiger partial charge in [0.15, 0.2) is 0 Å². The monoisotopic (exact) mass is 226 g/mol. The van der Waals surface area contributed by atoms with Crippen LogP contribution in [0.15, 0.2) is 18.2 Å². The summed E-state index contributed by atoms with van der Waals surface area (Å²) < 4.78 is 18.2. The summed E-state index contributed by atoms with van der Waals surface area (Å²) in [6.07, 6.45) is 0. The van der Waals surface area contributed by atoms with Gasteiger partial charge in [0.2, 0.25) is 0 Å². The Morgan fingerprint density at radius 3 is 2.81 bits per heavy atom. The van der Waals surface area contributed by atoms with Crippen LogP contribution >= 0.6 is 0 Å². The van der Waals surface area contributed by atoms with E-state index < -0.39 is 0 Å². The van der Waals surface area contributed by atoms with E-state index in [-0.39, 0.29) is 12.4 Å². The first-order chi connectivity index (χ1) is 7.67. The van der Waals surface area contributed by atoms with Crippen LogP contribution in [0.5, 0.6) is 0 Å². The standard InChI is InChI=1S/C12H19FN2O/c1-15(5-6-16-2)9-10-3-4-12(13)11(7-10)8-14/h3-4,7H,5-6,8-9,14H2,1-2H3. The molecule has 0 aliphatic heterocycles. The van der Waals surface area contributed by atoms with E-state index in [0.717, 1.165) is 18.7 Å². The molecule has 1 aromatic carbocycles. The number of halogens is 1. The van der Waals surface area contributed by atoms with Crippen LogP contribution in [-0.2, 0) is 17.8 Å². The molecule has 0 atom stereocenters. The van der Waals surface area contributed by atoms with Gasteiger partial charge in [-0.15, -0.1) is 0 Å². The maximum atomic E-state index is 13.2. The predicted octanol–water partition coefficient (Wildman–Crippen LogP) is 1.36. The van der Waals surface area contributed by atoms with E-state index in [9.17, 15) is 4.39 Å². The number of nitrogens with two attached hydrogens (primary N) is 1. The Kier molecular flexibility index (Phi) is 5.38. The normalized spacial score (nSPS) is 11.1. The smallest absolute Gasteiger partial charge is 0.127 e. The van der Waals surface area contributed by atoms with E-state index in [1.165, 1.54) is 6.07 Å². The third-order valence-electron chi connectivity index (χ3n) is 2.46. The number of rotatable bonds is 6. The van der Waals surface area contributed by atoms with Gasteiger partial charge in [-0.2, -0.15) is 0 Å². The Morgan fingerprint density at radius 1 is 1.44 bits per heavy atom. The minimum atomic E-state index is -0.231. The summed E-state index contributed by atoms with van der Waals surface area (Å²) in [7, 11) is 3.68. The van der Waals surface area contributed by atoms with Crippen molar-refractivity contribution in [1.29, 1.82) is 0 Å². The second kappa shape index (κ2) is 6.58. The average molecular weight is 226 g/mol. The molecule has 3 nitrogen and oxygen atoms in total. The zero-order valence-corrected chi connectivity index (χ0v) is 9.87. The van der Waals surface area contributed by atoms with Crippen molar-refractivity contribution in [3.63, 3.8) is 0 Å². The molecule has 90 valence electrons. The highest BCUT2D eigenvalue weighted by atomic mass is 19.1. The number of nitrogens with zero attached hydrogens (tertiary/aromatic N) is 1. The van der Waals surface area contributed by atoms with Gasteiger partial charge in [0.1, 0.15) is 5.82 Å². The van der Waals surface area contributed by atoms with Gasteiger partial charge in [0.05, 0.1) is 6.61 Å². The van der Waals surface area contributed by atoms with Gasteiger partial charge in [-0.25, -0.2) is 4.39 Å². The molecule has 0 bridgehead atoms. The molecule has 0 radical (unpaired) electrons. The lowest BCUT2D eigenvalue weighted by molar-refractivity contribution is 0.158. The van der Waals surface area contributed by atoms with E-state index in [2.05, 4.69) is 4.90 Å². The Hall–Kier alpha value is -0.970. The van der Waals surface area contributed by atoms with Crippen LogP contribution in [-0.4, -0.2) is 32.2 Å². The number of hydrogen-bond donors (Lipinski definition) is 1. The third-order valence-corrected chi connectivity index (χ3v) is 2.46. The number of methoxy groups -OCH3 is 1. The van der Waals surface area contributed by atoms with Crippen molar-refractivity contribution in [1.82, 2.24) is 4.90 Å². The van der Waals surface area contributed by atoms with Gasteiger partial charge in [-0.1, -0.05) is 12.1 Å². The van der Waals surface area contributed by atoms with Crippen molar-refractivity contribution in [2.45, 2.75) is 13.1 Å². The van der Waals surface area contributed by atoms with Gasteiger partial charge in [-0.05, 0) is 18.7 Å². The summed E-state index contributed by atoms with van der Waals surface area (Å²) in [6, 6.07) is 5.08. The predicted molar refractivity (Wildman–Crippen MR) is 62.5 cm³/mol. The minimum absolute atomic E-state index is 0.231. The molecule has 4 heteroatoms. The van der Waals surface area contributed by atoms with Gasteiger partial charge < -0.3 is 10.5 Å². The zero-order valence-electron chi connectivity index (χ0n) is 9.87. The molecule has 0 aliphatic carbocycles. The largest absolute Gasteiger partial charge is 0.383 e. The molecule has 1 rings (SSSR count). The lowest BCUT2D eigenvalue weighted by Crippen LogP contribution is -2.22. The summed E-state index contributed by atoms with van der Waals surface area (Å²) >= 11 is 0. The minimum Gasteiger partial charge on any atom is -0.383 e. The fourth-order valence-corrected chi connectivity index (χ4v) is 1.52. The Bertz CT molecular complexity index is 331. The lowest BCUT2D eigenvalue weighted by Gasteiger charge is -2.16. The second-order valence-electron chi connectivity index (χ2n) is 3.86. The molecule has 0 amide bonds. The molecular weight excluding hydrogens is 207 g/mol. The molecule has 0 saturated heterocycles. The second-order valence-corrected chi connectivity index (χ2v) is 3.86. The van der Waals surface area contributed by atoms with Crippen molar-refractivity contribution in [2.24, 2.45) is 5.73 Å². The summed E-state index contributed by atoms with van der Waals surface area (Å²) in [5.41, 5.74) is 7.09. The van der Waals surface area contributed by atoms with Crippen LogP contribution in [0.2, 0.25) is 0 Å². The van der Waals surface area contributed by atoms with E-state index >= 15 is 0 Å². The van der Waals surface area contributed by atoms with Gasteiger partial charge in [0, 0.05) is 32.3 Å². The third kappa shape index (κ3) is 3.89. The van der Waals surface area contributed by atoms with E-state index in [4.69, 9.17) is 10.5 Å². The number of likely N-dealkylation sites (N-methyl/N-ethyl adjacent to an activating group) is 1. The molecule has 0 aliphatic rings. The zero-order chi connectivity index (χ0) is 12.0. The Morgan fingerprint density at radius 2 is 2.19 bits per heavy atom. The van der Waals surface area contributed by atoms with Gasteiger partial charge in [-0.3, -0.25) is 4.90 Å². The topological polar surface area (TPSA) is 38.5 Å². The van der Waals surface area contributed by atoms with Crippen molar-refractivity contribution in [3.8, 4) is 0 Å². The molecule has 0 aromatic heterocycles. The molecule has 0 fully saturated rings. The molecular formula is C12H19FN2O. The number of hydrogen-bond acceptors (Lipinski definition) is 3. The molecule has 16 heavy (non-hydrogen) atoms. The molecule has 0 heterocycles. The maximum Gasteiger partial charge on any atom is 0.127 e. The van der Waals surface area contributed by atoms with Crippen molar-refractivity contribution < 1.29 is 9.13 Å². The first-order valence-corrected chi connectivity index (χ1v) is 5.32. The highest BCUT2D eigenvalue weighted by Crippen LogP contribution is 2.11. The Labute approximate surface area is 96.0 Å². The first kappa shape index (κ1) is 13.1. The molecule has 0 spiro atoms. The first-order valence-electron chi connectivity index (χ1n) is 5.32. The van der Waals surface area contributed by atoms with Crippen molar-refractivity contribution in [3.05, 3.63) is 35.1 Å². The summed E-state index contributed by atoms with van der Waals surface area (Å²) in [5, 5.41) is 0. The van der Waals surface area contributed by atoms with Crippen LogP contribution < -0.4 is 5.73 Å². The van der Waals surface area contributed by atoms with Crippen LogP contribution in [0.4, 0.5) is 4.39 Å². The van der Waals surface area contributed by atoms with E-state index in [1.54, 1.807) is 13.2 Å². The van der Waals surface area contributed by atoms with Gasteiger partial charge >= 0.3 is 0 Å². The number of benzene rings is 1. The fraction of sp³-hybridized carbons (Fsp3) is 0.500. The van der Waals surface area contributed by atoms with E-state index in [1.807, 2.05) is 13.1 Å². The van der Waals surface area contributed by atoms with E-state index in [0.29, 0.717) is 12.2 Å². The molecule has 2 N–H and O–H groups in total. The van der Waals surface area contributed by atoms with Gasteiger partial charge in [0.25, 0.3) is 0 Å².